The summed E-state index contributed by atoms with van der Waals surface area (Å²) in [6.07, 6.45) is 6.27. The quantitative estimate of drug-likeness (QED) is 0.678. The van der Waals surface area contributed by atoms with E-state index in [0.29, 0.717) is 0 Å². The molecule has 2 heteroatoms. The first kappa shape index (κ1) is 12.1. The van der Waals surface area contributed by atoms with Crippen LogP contribution < -0.4 is 0 Å². The van der Waals surface area contributed by atoms with Gasteiger partial charge in [0.25, 0.3) is 0 Å². The van der Waals surface area contributed by atoms with Gasteiger partial charge >= 0.3 is 0 Å². The molecule has 20 heavy (non-hydrogen) atoms. The second kappa shape index (κ2) is 4.42. The molecular formula is C18H12BrF. The van der Waals surface area contributed by atoms with E-state index < -0.39 is 0 Å². The summed E-state index contributed by atoms with van der Waals surface area (Å²) >= 11 is 3.52. The average molecular weight is 327 g/mol. The molecule has 4 rings (SSSR count). The predicted molar refractivity (Wildman–Crippen MR) is 83.9 cm³/mol. The minimum atomic E-state index is -0.158. The Hall–Kier alpha value is -1.67. The molecular weight excluding hydrogens is 315 g/mol. The Morgan fingerprint density at radius 2 is 1.55 bits per heavy atom. The Morgan fingerprint density at radius 1 is 0.800 bits per heavy atom. The predicted octanol–water partition coefficient (Wildman–Crippen LogP) is 5.17. The van der Waals surface area contributed by atoms with Gasteiger partial charge < -0.3 is 0 Å². The molecule has 0 atom stereocenters. The molecule has 0 radical (unpaired) electrons. The number of benzene rings is 2. The first-order valence-corrected chi connectivity index (χ1v) is 7.47. The molecule has 0 heterocycles. The number of halogens is 2. The molecule has 2 aliphatic rings. The Bertz CT molecular complexity index is 784. The molecule has 0 bridgehead atoms. The number of fused-ring (bicyclic) bond motifs is 2. The topological polar surface area (TPSA) is 0 Å². The third kappa shape index (κ3) is 1.95. The Labute approximate surface area is 125 Å². The Balaban J connectivity index is 1.68. The SMILES string of the molecule is Fc1ccc2c(c1)C=C(C1=Cc3ccc(Br)cc3C1)C2. The van der Waals surface area contributed by atoms with Crippen LogP contribution in [-0.2, 0) is 12.8 Å². The Morgan fingerprint density at radius 3 is 2.40 bits per heavy atom. The fourth-order valence-corrected chi connectivity index (χ4v) is 3.44. The van der Waals surface area contributed by atoms with Crippen LogP contribution in [0, 0.1) is 5.82 Å². The van der Waals surface area contributed by atoms with Crippen molar-refractivity contribution in [3.63, 3.8) is 0 Å². The third-order valence-corrected chi connectivity index (χ3v) is 4.54. The van der Waals surface area contributed by atoms with E-state index in [0.717, 1.165) is 22.9 Å². The zero-order chi connectivity index (χ0) is 13.7. The fraction of sp³-hybridized carbons (Fsp3) is 0.111. The van der Waals surface area contributed by atoms with Gasteiger partial charge in [-0.1, -0.05) is 40.2 Å². The lowest BCUT2D eigenvalue weighted by Crippen LogP contribution is -1.91. The molecule has 0 N–H and O–H groups in total. The minimum absolute atomic E-state index is 0.158. The van der Waals surface area contributed by atoms with Gasteiger partial charge in [0.2, 0.25) is 0 Å². The van der Waals surface area contributed by atoms with Crippen molar-refractivity contribution in [1.29, 1.82) is 0 Å². The zero-order valence-electron chi connectivity index (χ0n) is 10.8. The summed E-state index contributed by atoms with van der Waals surface area (Å²) in [4.78, 5) is 0. The zero-order valence-corrected chi connectivity index (χ0v) is 12.4. The maximum absolute atomic E-state index is 13.3. The van der Waals surface area contributed by atoms with E-state index in [1.165, 1.54) is 27.8 Å². The van der Waals surface area contributed by atoms with Gasteiger partial charge in [0, 0.05) is 4.47 Å². The molecule has 98 valence electrons. The number of allylic oxidation sites excluding steroid dienone is 2. The van der Waals surface area contributed by atoms with E-state index in [9.17, 15) is 4.39 Å². The molecule has 0 nitrogen and oxygen atoms in total. The molecule has 2 aromatic carbocycles. The highest BCUT2D eigenvalue weighted by molar-refractivity contribution is 9.10. The van der Waals surface area contributed by atoms with Gasteiger partial charge in [-0.25, -0.2) is 4.39 Å². The van der Waals surface area contributed by atoms with Crippen LogP contribution in [0.5, 0.6) is 0 Å². The van der Waals surface area contributed by atoms with Gasteiger partial charge in [0.15, 0.2) is 0 Å². The second-order valence-corrected chi connectivity index (χ2v) is 6.29. The van der Waals surface area contributed by atoms with E-state index in [4.69, 9.17) is 0 Å². The molecule has 0 unspecified atom stereocenters. The van der Waals surface area contributed by atoms with Crippen molar-refractivity contribution in [2.75, 3.05) is 0 Å². The summed E-state index contributed by atoms with van der Waals surface area (Å²) in [5, 5.41) is 0. The van der Waals surface area contributed by atoms with Gasteiger partial charge in [0.05, 0.1) is 0 Å². The molecule has 0 fully saturated rings. The van der Waals surface area contributed by atoms with Crippen LogP contribution >= 0.6 is 15.9 Å². The summed E-state index contributed by atoms with van der Waals surface area (Å²) in [5.41, 5.74) is 7.58. The van der Waals surface area contributed by atoms with Crippen molar-refractivity contribution in [3.8, 4) is 0 Å². The van der Waals surface area contributed by atoms with Gasteiger partial charge in [-0.2, -0.15) is 0 Å². The van der Waals surface area contributed by atoms with Crippen LogP contribution in [0.3, 0.4) is 0 Å². The van der Waals surface area contributed by atoms with Crippen molar-refractivity contribution in [2.45, 2.75) is 12.8 Å². The standard InChI is InChI=1S/C18H12BrF/c19-17-3-1-11-5-13(7-15(11)9-17)14-6-12-2-4-18(20)10-16(12)8-14/h1-5,8-10H,6-7H2. The number of hydrogen-bond donors (Lipinski definition) is 0. The maximum Gasteiger partial charge on any atom is 0.123 e. The van der Waals surface area contributed by atoms with Gasteiger partial charge in [-0.15, -0.1) is 0 Å². The Kier molecular flexibility index (Phi) is 2.67. The highest BCUT2D eigenvalue weighted by Crippen LogP contribution is 2.37. The maximum atomic E-state index is 13.3. The van der Waals surface area contributed by atoms with E-state index >= 15 is 0 Å². The fourth-order valence-electron chi connectivity index (χ4n) is 3.03. The second-order valence-electron chi connectivity index (χ2n) is 5.38. The lowest BCUT2D eigenvalue weighted by atomic mass is 10.0. The van der Waals surface area contributed by atoms with Crippen LogP contribution in [0.25, 0.3) is 12.2 Å². The van der Waals surface area contributed by atoms with E-state index in [2.05, 4.69) is 46.3 Å². The van der Waals surface area contributed by atoms with Crippen molar-refractivity contribution >= 4 is 28.1 Å². The molecule has 0 amide bonds. The van der Waals surface area contributed by atoms with Crippen molar-refractivity contribution in [3.05, 3.63) is 80.1 Å². The highest BCUT2D eigenvalue weighted by Gasteiger charge is 2.20. The lowest BCUT2D eigenvalue weighted by molar-refractivity contribution is 0.627. The first-order valence-electron chi connectivity index (χ1n) is 6.67. The molecule has 0 saturated heterocycles. The third-order valence-electron chi connectivity index (χ3n) is 4.05. The summed E-state index contributed by atoms with van der Waals surface area (Å²) in [7, 11) is 0. The minimum Gasteiger partial charge on any atom is -0.207 e. The largest absolute Gasteiger partial charge is 0.207 e. The number of hydrogen-bond acceptors (Lipinski definition) is 0. The molecule has 2 aliphatic carbocycles. The van der Waals surface area contributed by atoms with Crippen LogP contribution in [0.1, 0.15) is 22.3 Å². The average Bonchev–Trinajstić information content (AvgIpc) is 3.00. The molecule has 0 spiro atoms. The van der Waals surface area contributed by atoms with Gasteiger partial charge in [-0.05, 0) is 70.5 Å². The van der Waals surface area contributed by atoms with Crippen LogP contribution in [0.2, 0.25) is 0 Å². The normalized spacial score (nSPS) is 15.7. The van der Waals surface area contributed by atoms with Gasteiger partial charge in [-0.3, -0.25) is 0 Å². The van der Waals surface area contributed by atoms with Gasteiger partial charge in [0.1, 0.15) is 5.82 Å². The summed E-state index contributed by atoms with van der Waals surface area (Å²) < 4.78 is 14.4. The number of rotatable bonds is 1. The monoisotopic (exact) mass is 326 g/mol. The highest BCUT2D eigenvalue weighted by atomic mass is 79.9. The lowest BCUT2D eigenvalue weighted by Gasteiger charge is -2.03. The molecule has 0 saturated carbocycles. The van der Waals surface area contributed by atoms with E-state index in [1.54, 1.807) is 12.1 Å². The molecule has 0 aromatic heterocycles. The smallest absolute Gasteiger partial charge is 0.123 e. The van der Waals surface area contributed by atoms with E-state index in [-0.39, 0.29) is 5.82 Å². The first-order chi connectivity index (χ1) is 9.69. The summed E-state index contributed by atoms with van der Waals surface area (Å²) in [6.45, 7) is 0. The molecule has 2 aromatic rings. The van der Waals surface area contributed by atoms with Crippen molar-refractivity contribution < 1.29 is 4.39 Å². The van der Waals surface area contributed by atoms with Crippen LogP contribution in [-0.4, -0.2) is 0 Å². The summed E-state index contributed by atoms with van der Waals surface area (Å²) in [5.74, 6) is -0.158. The van der Waals surface area contributed by atoms with Crippen molar-refractivity contribution in [2.24, 2.45) is 0 Å². The van der Waals surface area contributed by atoms with E-state index in [1.807, 2.05) is 6.07 Å². The van der Waals surface area contributed by atoms with Crippen LogP contribution in [0.4, 0.5) is 4.39 Å². The van der Waals surface area contributed by atoms with Crippen LogP contribution in [0.15, 0.2) is 52.0 Å². The molecule has 0 aliphatic heterocycles. The van der Waals surface area contributed by atoms with Crippen molar-refractivity contribution in [1.82, 2.24) is 0 Å². The summed E-state index contributed by atoms with van der Waals surface area (Å²) in [6, 6.07) is 11.5.